The van der Waals surface area contributed by atoms with Gasteiger partial charge < -0.3 is 9.84 Å². The maximum absolute atomic E-state index is 12.9. The molecule has 0 spiro atoms. The van der Waals surface area contributed by atoms with Crippen LogP contribution in [0.1, 0.15) is 35.6 Å². The molecule has 3 aromatic rings. The average Bonchev–Trinajstić information content (AvgIpc) is 3.10. The molecule has 4 rings (SSSR count). The molecule has 0 fully saturated rings. The van der Waals surface area contributed by atoms with E-state index in [-0.39, 0.29) is 31.7 Å². The summed E-state index contributed by atoms with van der Waals surface area (Å²) in [7, 11) is 0. The maximum atomic E-state index is 12.9. The van der Waals surface area contributed by atoms with Crippen LogP contribution < -0.4 is 0 Å². The van der Waals surface area contributed by atoms with E-state index < -0.39 is 6.09 Å². The quantitative estimate of drug-likeness (QED) is 0.648. The molecule has 0 bridgehead atoms. The van der Waals surface area contributed by atoms with Crippen LogP contribution in [0.2, 0.25) is 0 Å². The van der Waals surface area contributed by atoms with Crippen LogP contribution in [0.5, 0.6) is 0 Å². The lowest BCUT2D eigenvalue weighted by Crippen LogP contribution is -2.37. The Balaban J connectivity index is 1.52. The summed E-state index contributed by atoms with van der Waals surface area (Å²) in [4.78, 5) is 14.5. The largest absolute Gasteiger partial charge is 0.448 e. The number of carbonyl (C=O) groups excluding carboxylic acids is 1. The molecule has 0 heterocycles. The first-order valence-electron chi connectivity index (χ1n) is 9.98. The van der Waals surface area contributed by atoms with E-state index in [2.05, 4.69) is 24.3 Å². The number of benzene rings is 3. The zero-order chi connectivity index (χ0) is 20.2. The van der Waals surface area contributed by atoms with E-state index in [1.165, 1.54) is 22.3 Å². The van der Waals surface area contributed by atoms with Crippen LogP contribution in [0.15, 0.2) is 78.9 Å². The van der Waals surface area contributed by atoms with Gasteiger partial charge in [-0.15, -0.1) is 0 Å². The summed E-state index contributed by atoms with van der Waals surface area (Å²) in [5.74, 6) is 0.0226. The number of aliphatic hydroxyl groups excluding tert-OH is 1. The minimum absolute atomic E-state index is 0.0226. The van der Waals surface area contributed by atoms with Crippen molar-refractivity contribution in [1.29, 1.82) is 0 Å². The Morgan fingerprint density at radius 1 is 0.931 bits per heavy atom. The summed E-state index contributed by atoms with van der Waals surface area (Å²) in [5.41, 5.74) is 5.79. The topological polar surface area (TPSA) is 49.8 Å². The number of rotatable bonds is 6. The van der Waals surface area contributed by atoms with Crippen LogP contribution in [0.25, 0.3) is 11.1 Å². The van der Waals surface area contributed by atoms with Gasteiger partial charge in [-0.25, -0.2) is 4.79 Å². The second kappa shape index (κ2) is 8.50. The standard InChI is InChI=1S/C25H25NO3/c1-18(19-9-3-2-4-10-19)26(15-16-27)25(28)29-17-24-22-13-7-5-11-20(22)21-12-6-8-14-23(21)24/h2-14,18,24,27H,15-17H2,1H3/t18-/m1/s1. The van der Waals surface area contributed by atoms with Gasteiger partial charge in [-0.05, 0) is 34.7 Å². The normalized spacial score (nSPS) is 13.4. The molecule has 0 aromatic heterocycles. The molecule has 4 heteroatoms. The van der Waals surface area contributed by atoms with Crippen molar-refractivity contribution in [3.8, 4) is 11.1 Å². The Bertz CT molecular complexity index is 941. The molecule has 1 aliphatic carbocycles. The van der Waals surface area contributed by atoms with Crippen molar-refractivity contribution < 1.29 is 14.6 Å². The lowest BCUT2D eigenvalue weighted by atomic mass is 9.98. The number of hydrogen-bond acceptors (Lipinski definition) is 3. The van der Waals surface area contributed by atoms with Gasteiger partial charge in [-0.1, -0.05) is 78.9 Å². The highest BCUT2D eigenvalue weighted by molar-refractivity contribution is 5.79. The third kappa shape index (κ3) is 3.76. The summed E-state index contributed by atoms with van der Waals surface area (Å²) >= 11 is 0. The van der Waals surface area contributed by atoms with Gasteiger partial charge in [0.2, 0.25) is 0 Å². The predicted molar refractivity (Wildman–Crippen MR) is 114 cm³/mol. The SMILES string of the molecule is C[C@H](c1ccccc1)N(CCO)C(=O)OCC1c2ccccc2-c2ccccc21. The van der Waals surface area contributed by atoms with E-state index in [0.29, 0.717) is 0 Å². The van der Waals surface area contributed by atoms with Gasteiger partial charge >= 0.3 is 6.09 Å². The molecule has 0 saturated carbocycles. The first-order chi connectivity index (χ1) is 14.2. The van der Waals surface area contributed by atoms with E-state index in [9.17, 15) is 9.90 Å². The van der Waals surface area contributed by atoms with Gasteiger partial charge in [0.1, 0.15) is 6.61 Å². The molecule has 29 heavy (non-hydrogen) atoms. The highest BCUT2D eigenvalue weighted by Crippen LogP contribution is 2.44. The fourth-order valence-corrected chi connectivity index (χ4v) is 4.14. The second-order valence-electron chi connectivity index (χ2n) is 7.31. The van der Waals surface area contributed by atoms with Gasteiger partial charge in [-0.2, -0.15) is 0 Å². The molecule has 0 saturated heterocycles. The van der Waals surface area contributed by atoms with E-state index in [0.717, 1.165) is 5.56 Å². The summed E-state index contributed by atoms with van der Waals surface area (Å²) in [6.45, 7) is 2.34. The average molecular weight is 387 g/mol. The lowest BCUT2D eigenvalue weighted by molar-refractivity contribution is 0.0776. The molecule has 1 atom stereocenters. The Kier molecular flexibility index (Phi) is 5.63. The molecule has 1 amide bonds. The third-order valence-corrected chi connectivity index (χ3v) is 5.66. The smallest absolute Gasteiger partial charge is 0.410 e. The van der Waals surface area contributed by atoms with E-state index in [1.807, 2.05) is 61.5 Å². The lowest BCUT2D eigenvalue weighted by Gasteiger charge is -2.29. The van der Waals surface area contributed by atoms with Crippen LogP contribution in [-0.2, 0) is 4.74 Å². The van der Waals surface area contributed by atoms with Gasteiger partial charge in [0, 0.05) is 12.5 Å². The van der Waals surface area contributed by atoms with Crippen molar-refractivity contribution in [2.45, 2.75) is 18.9 Å². The summed E-state index contributed by atoms with van der Waals surface area (Å²) in [5, 5.41) is 9.47. The third-order valence-electron chi connectivity index (χ3n) is 5.66. The van der Waals surface area contributed by atoms with Crippen LogP contribution in [-0.4, -0.2) is 35.9 Å². The minimum Gasteiger partial charge on any atom is -0.448 e. The molecular weight excluding hydrogens is 362 g/mol. The monoisotopic (exact) mass is 387 g/mol. The van der Waals surface area contributed by atoms with Crippen LogP contribution in [0, 0.1) is 0 Å². The number of fused-ring (bicyclic) bond motifs is 3. The van der Waals surface area contributed by atoms with Crippen LogP contribution >= 0.6 is 0 Å². The number of ether oxygens (including phenoxy) is 1. The second-order valence-corrected chi connectivity index (χ2v) is 7.31. The number of nitrogens with zero attached hydrogens (tertiary/aromatic N) is 1. The van der Waals surface area contributed by atoms with Gasteiger partial charge in [0.25, 0.3) is 0 Å². The molecule has 1 N–H and O–H groups in total. The van der Waals surface area contributed by atoms with Crippen molar-refractivity contribution in [2.75, 3.05) is 19.8 Å². The Hall–Kier alpha value is -3.11. The van der Waals surface area contributed by atoms with Crippen LogP contribution in [0.4, 0.5) is 4.79 Å². The Morgan fingerprint density at radius 3 is 2.07 bits per heavy atom. The predicted octanol–water partition coefficient (Wildman–Crippen LogP) is 4.99. The molecule has 0 radical (unpaired) electrons. The highest BCUT2D eigenvalue weighted by atomic mass is 16.6. The molecule has 3 aromatic carbocycles. The molecular formula is C25H25NO3. The molecule has 1 aliphatic rings. The van der Waals surface area contributed by atoms with Crippen molar-refractivity contribution >= 4 is 6.09 Å². The van der Waals surface area contributed by atoms with Gasteiger partial charge in [0.15, 0.2) is 0 Å². The fourth-order valence-electron chi connectivity index (χ4n) is 4.14. The van der Waals surface area contributed by atoms with E-state index >= 15 is 0 Å². The zero-order valence-corrected chi connectivity index (χ0v) is 16.5. The Morgan fingerprint density at radius 2 is 1.48 bits per heavy atom. The number of aliphatic hydroxyl groups is 1. The van der Waals surface area contributed by atoms with Crippen LogP contribution in [0.3, 0.4) is 0 Å². The zero-order valence-electron chi connectivity index (χ0n) is 16.5. The molecule has 148 valence electrons. The summed E-state index contributed by atoms with van der Waals surface area (Å²) in [6.07, 6.45) is -0.405. The van der Waals surface area contributed by atoms with Gasteiger partial charge in [0.05, 0.1) is 12.6 Å². The molecule has 0 unspecified atom stereocenters. The first-order valence-corrected chi connectivity index (χ1v) is 9.98. The van der Waals surface area contributed by atoms with Gasteiger partial charge in [-0.3, -0.25) is 4.90 Å². The fraction of sp³-hybridized carbons (Fsp3) is 0.240. The van der Waals surface area contributed by atoms with Crippen molar-refractivity contribution in [3.63, 3.8) is 0 Å². The van der Waals surface area contributed by atoms with Crippen molar-refractivity contribution in [2.24, 2.45) is 0 Å². The molecule has 4 nitrogen and oxygen atoms in total. The summed E-state index contributed by atoms with van der Waals surface area (Å²) < 4.78 is 5.77. The van der Waals surface area contributed by atoms with E-state index in [4.69, 9.17) is 4.74 Å². The number of hydrogen-bond donors (Lipinski definition) is 1. The van der Waals surface area contributed by atoms with Crippen molar-refractivity contribution in [3.05, 3.63) is 95.6 Å². The number of carbonyl (C=O) groups is 1. The highest BCUT2D eigenvalue weighted by Gasteiger charge is 2.30. The Labute approximate surface area is 171 Å². The maximum Gasteiger partial charge on any atom is 0.410 e. The molecule has 0 aliphatic heterocycles. The summed E-state index contributed by atoms with van der Waals surface area (Å²) in [6, 6.07) is 26.2. The minimum atomic E-state index is -0.405. The first kappa shape index (κ1) is 19.2. The van der Waals surface area contributed by atoms with E-state index in [1.54, 1.807) is 4.90 Å². The number of amides is 1. The van der Waals surface area contributed by atoms with Crippen molar-refractivity contribution in [1.82, 2.24) is 4.90 Å².